The van der Waals surface area contributed by atoms with Crippen molar-refractivity contribution >= 4 is 10.2 Å². The summed E-state index contributed by atoms with van der Waals surface area (Å²) in [5.74, 6) is 0. The predicted molar refractivity (Wildman–Crippen MR) is 72.6 cm³/mol. The zero-order valence-corrected chi connectivity index (χ0v) is 12.2. The zero-order chi connectivity index (χ0) is 13.2. The highest BCUT2D eigenvalue weighted by Gasteiger charge is 2.37. The second-order valence-corrected chi connectivity index (χ2v) is 7.27. The normalized spacial score (nSPS) is 23.6. The fraction of sp³-hybridized carbons (Fsp3) is 1.00. The molecule has 0 aromatic heterocycles. The smallest absolute Gasteiger partial charge is 0.282 e. The lowest BCUT2D eigenvalue weighted by atomic mass is 9.96. The molecule has 106 valence electrons. The van der Waals surface area contributed by atoms with Crippen molar-refractivity contribution < 1.29 is 8.42 Å². The van der Waals surface area contributed by atoms with Crippen molar-refractivity contribution in [2.45, 2.75) is 51.1 Å². The monoisotopic (exact) mass is 275 g/mol. The van der Waals surface area contributed by atoms with Gasteiger partial charge in [-0.1, -0.05) is 26.2 Å². The second kappa shape index (κ2) is 5.86. The molecule has 0 bridgehead atoms. The van der Waals surface area contributed by atoms with Gasteiger partial charge in [-0.15, -0.1) is 0 Å². The molecule has 1 heterocycles. The van der Waals surface area contributed by atoms with Gasteiger partial charge >= 0.3 is 0 Å². The van der Waals surface area contributed by atoms with Crippen LogP contribution in [0.15, 0.2) is 0 Å². The highest BCUT2D eigenvalue weighted by Crippen LogP contribution is 2.25. The van der Waals surface area contributed by atoms with Gasteiger partial charge in [-0.2, -0.15) is 17.0 Å². The molecule has 18 heavy (non-hydrogen) atoms. The molecule has 1 aliphatic heterocycles. The van der Waals surface area contributed by atoms with Crippen molar-refractivity contribution in [1.29, 1.82) is 0 Å². The standard InChI is InChI=1S/C12H25N3O2S/c1-3-15(12-9-13-10-12)18(16,17)14(2)11-7-5-4-6-8-11/h11-13H,3-10H2,1-2H3. The number of likely N-dealkylation sites (N-methyl/N-ethyl adjacent to an activating group) is 1. The Bertz CT molecular complexity index is 362. The maximum absolute atomic E-state index is 12.6. The van der Waals surface area contributed by atoms with Crippen LogP contribution in [0, 0.1) is 0 Å². The van der Waals surface area contributed by atoms with Crippen LogP contribution in [0.3, 0.4) is 0 Å². The van der Waals surface area contributed by atoms with Crippen LogP contribution in [-0.2, 0) is 10.2 Å². The summed E-state index contributed by atoms with van der Waals surface area (Å²) < 4.78 is 28.5. The first-order valence-electron chi connectivity index (χ1n) is 7.03. The quantitative estimate of drug-likeness (QED) is 0.807. The van der Waals surface area contributed by atoms with Crippen molar-refractivity contribution in [3.8, 4) is 0 Å². The van der Waals surface area contributed by atoms with E-state index in [2.05, 4.69) is 5.32 Å². The minimum absolute atomic E-state index is 0.144. The Morgan fingerprint density at radius 3 is 2.17 bits per heavy atom. The Morgan fingerprint density at radius 1 is 1.11 bits per heavy atom. The average molecular weight is 275 g/mol. The average Bonchev–Trinajstić information content (AvgIpc) is 2.33. The topological polar surface area (TPSA) is 52.7 Å². The summed E-state index contributed by atoms with van der Waals surface area (Å²) in [6, 6.07) is 0.344. The number of rotatable bonds is 5. The van der Waals surface area contributed by atoms with Crippen molar-refractivity contribution in [2.75, 3.05) is 26.7 Å². The second-order valence-electron chi connectivity index (χ2n) is 5.33. The molecule has 2 aliphatic rings. The fourth-order valence-electron chi connectivity index (χ4n) is 2.89. The van der Waals surface area contributed by atoms with E-state index < -0.39 is 10.2 Å². The van der Waals surface area contributed by atoms with Gasteiger partial charge in [-0.05, 0) is 12.8 Å². The minimum Gasteiger partial charge on any atom is -0.313 e. The first-order valence-corrected chi connectivity index (χ1v) is 8.42. The maximum atomic E-state index is 12.6. The summed E-state index contributed by atoms with van der Waals surface area (Å²) in [6.45, 7) is 4.05. The third-order valence-electron chi connectivity index (χ3n) is 4.23. The van der Waals surface area contributed by atoms with Gasteiger partial charge in [-0.25, -0.2) is 0 Å². The number of hydrogen-bond donors (Lipinski definition) is 1. The number of nitrogens with zero attached hydrogens (tertiary/aromatic N) is 2. The molecule has 0 radical (unpaired) electrons. The lowest BCUT2D eigenvalue weighted by Crippen LogP contribution is -2.61. The Kier molecular flexibility index (Phi) is 4.64. The Balaban J connectivity index is 2.07. The molecule has 0 aromatic rings. The molecule has 1 aliphatic carbocycles. The lowest BCUT2D eigenvalue weighted by molar-refractivity contribution is 0.213. The molecule has 6 heteroatoms. The van der Waals surface area contributed by atoms with Crippen molar-refractivity contribution in [3.05, 3.63) is 0 Å². The summed E-state index contributed by atoms with van der Waals surface area (Å²) in [6.07, 6.45) is 5.57. The minimum atomic E-state index is -3.28. The first-order chi connectivity index (χ1) is 8.57. The van der Waals surface area contributed by atoms with E-state index in [9.17, 15) is 8.42 Å². The van der Waals surface area contributed by atoms with Crippen LogP contribution in [0.25, 0.3) is 0 Å². The molecule has 2 rings (SSSR count). The van der Waals surface area contributed by atoms with E-state index in [1.165, 1.54) is 6.42 Å². The van der Waals surface area contributed by atoms with Crippen LogP contribution >= 0.6 is 0 Å². The van der Waals surface area contributed by atoms with Crippen LogP contribution in [0.1, 0.15) is 39.0 Å². The van der Waals surface area contributed by atoms with Gasteiger partial charge in [0.15, 0.2) is 0 Å². The SMILES string of the molecule is CCN(C1CNC1)S(=O)(=O)N(C)C1CCCCC1. The van der Waals surface area contributed by atoms with Gasteiger partial charge in [0.05, 0.1) is 6.04 Å². The van der Waals surface area contributed by atoms with E-state index in [0.29, 0.717) is 6.54 Å². The molecule has 0 atom stereocenters. The van der Waals surface area contributed by atoms with Crippen LogP contribution < -0.4 is 5.32 Å². The molecule has 0 aromatic carbocycles. The zero-order valence-electron chi connectivity index (χ0n) is 11.4. The Morgan fingerprint density at radius 2 is 1.72 bits per heavy atom. The number of nitrogens with one attached hydrogen (secondary N) is 1. The first kappa shape index (κ1) is 14.2. The molecule has 1 N–H and O–H groups in total. The highest BCUT2D eigenvalue weighted by atomic mass is 32.2. The largest absolute Gasteiger partial charge is 0.313 e. The molecule has 0 unspecified atom stereocenters. The molecular formula is C12H25N3O2S. The summed E-state index contributed by atoms with van der Waals surface area (Å²) >= 11 is 0. The summed E-state index contributed by atoms with van der Waals surface area (Å²) in [5, 5.41) is 3.14. The van der Waals surface area contributed by atoms with Crippen molar-refractivity contribution in [3.63, 3.8) is 0 Å². The third kappa shape index (κ3) is 2.71. The summed E-state index contributed by atoms with van der Waals surface area (Å²) in [5.41, 5.74) is 0. The van der Waals surface area contributed by atoms with E-state index in [0.717, 1.165) is 38.8 Å². The van der Waals surface area contributed by atoms with E-state index in [1.807, 2.05) is 6.92 Å². The van der Waals surface area contributed by atoms with Gasteiger partial charge in [0, 0.05) is 32.7 Å². The van der Waals surface area contributed by atoms with E-state index in [-0.39, 0.29) is 12.1 Å². The van der Waals surface area contributed by atoms with Gasteiger partial charge in [-0.3, -0.25) is 0 Å². The molecule has 1 saturated carbocycles. The maximum Gasteiger partial charge on any atom is 0.282 e. The highest BCUT2D eigenvalue weighted by molar-refractivity contribution is 7.86. The molecule has 0 spiro atoms. The third-order valence-corrected chi connectivity index (χ3v) is 6.40. The molecule has 5 nitrogen and oxygen atoms in total. The lowest BCUT2D eigenvalue weighted by Gasteiger charge is -2.40. The van der Waals surface area contributed by atoms with Gasteiger partial charge in [0.2, 0.25) is 0 Å². The Labute approximate surface area is 111 Å². The van der Waals surface area contributed by atoms with Gasteiger partial charge < -0.3 is 5.32 Å². The Hall–Kier alpha value is -0.170. The predicted octanol–water partition coefficient (Wildman–Crippen LogP) is 0.789. The van der Waals surface area contributed by atoms with E-state index in [4.69, 9.17) is 0 Å². The van der Waals surface area contributed by atoms with Crippen LogP contribution in [0.4, 0.5) is 0 Å². The fourth-order valence-corrected chi connectivity index (χ4v) is 4.66. The summed E-state index contributed by atoms with van der Waals surface area (Å²) in [4.78, 5) is 0. The molecule has 0 amide bonds. The van der Waals surface area contributed by atoms with Crippen molar-refractivity contribution in [1.82, 2.24) is 13.9 Å². The molecule has 1 saturated heterocycles. The van der Waals surface area contributed by atoms with Crippen LogP contribution in [0.2, 0.25) is 0 Å². The van der Waals surface area contributed by atoms with E-state index >= 15 is 0 Å². The summed E-state index contributed by atoms with van der Waals surface area (Å²) in [7, 11) is -1.53. The van der Waals surface area contributed by atoms with Crippen LogP contribution in [0.5, 0.6) is 0 Å². The molecular weight excluding hydrogens is 250 g/mol. The van der Waals surface area contributed by atoms with Crippen LogP contribution in [-0.4, -0.2) is 55.8 Å². The van der Waals surface area contributed by atoms with Crippen molar-refractivity contribution in [2.24, 2.45) is 0 Å². The molecule has 2 fully saturated rings. The van der Waals surface area contributed by atoms with Gasteiger partial charge in [0.1, 0.15) is 0 Å². The van der Waals surface area contributed by atoms with E-state index in [1.54, 1.807) is 15.7 Å². The van der Waals surface area contributed by atoms with Gasteiger partial charge in [0.25, 0.3) is 10.2 Å². The number of hydrogen-bond acceptors (Lipinski definition) is 3.